The summed E-state index contributed by atoms with van der Waals surface area (Å²) < 4.78 is 0. The number of carbonyl (C=O) groups excluding carboxylic acids is 1. The predicted molar refractivity (Wildman–Crippen MR) is 78.7 cm³/mol. The number of rotatable bonds is 4. The zero-order valence-electron chi connectivity index (χ0n) is 12.4. The highest BCUT2D eigenvalue weighted by atomic mass is 16.1. The topological polar surface area (TPSA) is 55.1 Å². The van der Waals surface area contributed by atoms with Gasteiger partial charge in [0, 0.05) is 6.04 Å². The summed E-state index contributed by atoms with van der Waals surface area (Å²) in [7, 11) is 0. The standard InChI is InChI=1S/C16H30N2O/c1-12-7-6-8-13(11-12)15(16(17)19)18-14-9-4-2-3-5-10-14/h12-15,18H,2-11H2,1H3,(H2,17,19). The molecular formula is C16H30N2O. The van der Waals surface area contributed by atoms with E-state index in [0.29, 0.717) is 12.0 Å². The van der Waals surface area contributed by atoms with Gasteiger partial charge < -0.3 is 11.1 Å². The Labute approximate surface area is 117 Å². The van der Waals surface area contributed by atoms with Gasteiger partial charge in [-0.15, -0.1) is 0 Å². The third-order valence-corrected chi connectivity index (χ3v) is 5.03. The molecule has 0 aromatic rings. The molecule has 2 saturated carbocycles. The van der Waals surface area contributed by atoms with Crippen molar-refractivity contribution in [1.29, 1.82) is 0 Å². The van der Waals surface area contributed by atoms with E-state index in [1.807, 2.05) is 0 Å². The first-order valence-corrected chi connectivity index (χ1v) is 8.22. The number of nitrogens with two attached hydrogens (primary N) is 1. The first-order valence-electron chi connectivity index (χ1n) is 8.22. The van der Waals surface area contributed by atoms with Gasteiger partial charge in [0.2, 0.25) is 5.91 Å². The van der Waals surface area contributed by atoms with Crippen LogP contribution < -0.4 is 11.1 Å². The van der Waals surface area contributed by atoms with Gasteiger partial charge in [0.15, 0.2) is 0 Å². The highest BCUT2D eigenvalue weighted by molar-refractivity contribution is 5.80. The van der Waals surface area contributed by atoms with Crippen LogP contribution in [0.2, 0.25) is 0 Å². The van der Waals surface area contributed by atoms with Gasteiger partial charge >= 0.3 is 0 Å². The summed E-state index contributed by atoms with van der Waals surface area (Å²) in [6, 6.07) is 0.420. The van der Waals surface area contributed by atoms with Crippen LogP contribution in [0.15, 0.2) is 0 Å². The molecule has 0 aromatic carbocycles. The van der Waals surface area contributed by atoms with Gasteiger partial charge in [0.05, 0.1) is 6.04 Å². The first kappa shape index (κ1) is 14.8. The van der Waals surface area contributed by atoms with Crippen LogP contribution in [-0.2, 0) is 4.79 Å². The van der Waals surface area contributed by atoms with Crippen LogP contribution in [-0.4, -0.2) is 18.0 Å². The molecule has 0 aliphatic heterocycles. The molecule has 2 fully saturated rings. The van der Waals surface area contributed by atoms with Gasteiger partial charge in [0.25, 0.3) is 0 Å². The molecule has 0 bridgehead atoms. The summed E-state index contributed by atoms with van der Waals surface area (Å²) in [4.78, 5) is 11.8. The monoisotopic (exact) mass is 266 g/mol. The maximum atomic E-state index is 11.8. The van der Waals surface area contributed by atoms with Crippen molar-refractivity contribution in [3.05, 3.63) is 0 Å². The molecule has 19 heavy (non-hydrogen) atoms. The fraction of sp³-hybridized carbons (Fsp3) is 0.938. The molecule has 0 aromatic heterocycles. The molecule has 0 heterocycles. The second-order valence-electron chi connectivity index (χ2n) is 6.77. The minimum atomic E-state index is -0.136. The lowest BCUT2D eigenvalue weighted by molar-refractivity contribution is -0.122. The molecule has 3 heteroatoms. The van der Waals surface area contributed by atoms with Crippen LogP contribution in [0.5, 0.6) is 0 Å². The third-order valence-electron chi connectivity index (χ3n) is 5.03. The van der Waals surface area contributed by atoms with E-state index in [2.05, 4.69) is 12.2 Å². The number of primary amides is 1. The van der Waals surface area contributed by atoms with Crippen LogP contribution in [0.1, 0.15) is 71.1 Å². The number of amides is 1. The highest BCUT2D eigenvalue weighted by Crippen LogP contribution is 2.31. The zero-order chi connectivity index (χ0) is 13.7. The van der Waals surface area contributed by atoms with Gasteiger partial charge in [-0.25, -0.2) is 0 Å². The van der Waals surface area contributed by atoms with Crippen molar-refractivity contribution in [1.82, 2.24) is 5.32 Å². The second kappa shape index (κ2) is 7.28. The Morgan fingerprint density at radius 1 is 1.05 bits per heavy atom. The Kier molecular flexibility index (Phi) is 5.68. The van der Waals surface area contributed by atoms with E-state index in [-0.39, 0.29) is 11.9 Å². The van der Waals surface area contributed by atoms with Crippen molar-refractivity contribution in [2.24, 2.45) is 17.6 Å². The number of hydrogen-bond donors (Lipinski definition) is 2. The summed E-state index contributed by atoms with van der Waals surface area (Å²) in [6.07, 6.45) is 12.6. The molecule has 3 N–H and O–H groups in total. The van der Waals surface area contributed by atoms with Crippen LogP contribution in [0.4, 0.5) is 0 Å². The molecule has 1 amide bonds. The average molecular weight is 266 g/mol. The lowest BCUT2D eigenvalue weighted by Crippen LogP contribution is -2.51. The molecular weight excluding hydrogens is 236 g/mol. The van der Waals surface area contributed by atoms with Gasteiger partial charge in [-0.1, -0.05) is 45.4 Å². The average Bonchev–Trinajstić information content (AvgIpc) is 2.64. The molecule has 2 rings (SSSR count). The molecule has 3 unspecified atom stereocenters. The van der Waals surface area contributed by atoms with Crippen molar-refractivity contribution in [2.45, 2.75) is 83.2 Å². The quantitative estimate of drug-likeness (QED) is 0.769. The Morgan fingerprint density at radius 2 is 1.74 bits per heavy atom. The highest BCUT2D eigenvalue weighted by Gasteiger charge is 2.31. The summed E-state index contributed by atoms with van der Waals surface area (Å²) in [5.41, 5.74) is 5.67. The lowest BCUT2D eigenvalue weighted by atomic mass is 9.78. The van der Waals surface area contributed by atoms with Crippen molar-refractivity contribution < 1.29 is 4.79 Å². The molecule has 3 atom stereocenters. The van der Waals surface area contributed by atoms with Crippen molar-refractivity contribution in [3.8, 4) is 0 Å². The minimum Gasteiger partial charge on any atom is -0.368 e. The van der Waals surface area contributed by atoms with E-state index < -0.39 is 0 Å². The minimum absolute atomic E-state index is 0.0918. The first-order chi connectivity index (χ1) is 9.16. The zero-order valence-corrected chi connectivity index (χ0v) is 12.4. The largest absolute Gasteiger partial charge is 0.368 e. The SMILES string of the molecule is CC1CCCC(C(NC2CCCCCC2)C(N)=O)C1. The van der Waals surface area contributed by atoms with E-state index in [1.165, 1.54) is 51.4 Å². The molecule has 0 radical (unpaired) electrons. The number of carbonyl (C=O) groups is 1. The van der Waals surface area contributed by atoms with Gasteiger partial charge in [0.1, 0.15) is 0 Å². The van der Waals surface area contributed by atoms with Crippen LogP contribution >= 0.6 is 0 Å². The smallest absolute Gasteiger partial charge is 0.234 e. The van der Waals surface area contributed by atoms with Crippen LogP contribution in [0.25, 0.3) is 0 Å². The molecule has 0 spiro atoms. The molecule has 2 aliphatic rings. The Balaban J connectivity index is 1.92. The predicted octanol–water partition coefficient (Wildman–Crippen LogP) is 2.98. The maximum absolute atomic E-state index is 11.8. The van der Waals surface area contributed by atoms with Crippen LogP contribution in [0.3, 0.4) is 0 Å². The van der Waals surface area contributed by atoms with E-state index in [0.717, 1.165) is 18.8 Å². The van der Waals surface area contributed by atoms with Gasteiger partial charge in [-0.3, -0.25) is 4.79 Å². The normalized spacial score (nSPS) is 31.6. The van der Waals surface area contributed by atoms with E-state index >= 15 is 0 Å². The van der Waals surface area contributed by atoms with Crippen molar-refractivity contribution in [2.75, 3.05) is 0 Å². The van der Waals surface area contributed by atoms with Crippen molar-refractivity contribution >= 4 is 5.91 Å². The summed E-state index contributed by atoms with van der Waals surface area (Å²) in [5, 5.41) is 3.61. The van der Waals surface area contributed by atoms with Crippen LogP contribution in [0, 0.1) is 11.8 Å². The number of hydrogen-bond acceptors (Lipinski definition) is 2. The molecule has 0 saturated heterocycles. The van der Waals surface area contributed by atoms with E-state index in [4.69, 9.17) is 5.73 Å². The summed E-state index contributed by atoms with van der Waals surface area (Å²) >= 11 is 0. The molecule has 110 valence electrons. The maximum Gasteiger partial charge on any atom is 0.234 e. The fourth-order valence-electron chi connectivity index (χ4n) is 3.93. The third kappa shape index (κ3) is 4.48. The Morgan fingerprint density at radius 3 is 2.32 bits per heavy atom. The molecule has 2 aliphatic carbocycles. The van der Waals surface area contributed by atoms with Gasteiger partial charge in [-0.05, 0) is 37.5 Å². The van der Waals surface area contributed by atoms with Gasteiger partial charge in [-0.2, -0.15) is 0 Å². The number of nitrogens with one attached hydrogen (secondary N) is 1. The lowest BCUT2D eigenvalue weighted by Gasteiger charge is -2.34. The Bertz CT molecular complexity index is 284. The molecule has 3 nitrogen and oxygen atoms in total. The Hall–Kier alpha value is -0.570. The van der Waals surface area contributed by atoms with E-state index in [1.54, 1.807) is 0 Å². The van der Waals surface area contributed by atoms with E-state index in [9.17, 15) is 4.79 Å². The van der Waals surface area contributed by atoms with Crippen molar-refractivity contribution in [3.63, 3.8) is 0 Å². The summed E-state index contributed by atoms with van der Waals surface area (Å²) in [5.74, 6) is 1.07. The fourth-order valence-corrected chi connectivity index (χ4v) is 3.93. The summed E-state index contributed by atoms with van der Waals surface area (Å²) in [6.45, 7) is 2.30. The second-order valence-corrected chi connectivity index (χ2v) is 6.77.